The molecule has 3 nitrogen and oxygen atoms in total. The molecule has 0 saturated carbocycles. The van der Waals surface area contributed by atoms with E-state index < -0.39 is 0 Å². The minimum atomic E-state index is -0.110. The standard InChI is InChI=1S/C13H28N2O/c1-5-14-13(4,11-16)7-9-15-8-6-12(2,3)10-15/h14,16H,5-11H2,1-4H3. The minimum absolute atomic E-state index is 0.110. The molecule has 16 heavy (non-hydrogen) atoms. The maximum atomic E-state index is 9.41. The third kappa shape index (κ3) is 4.04. The Balaban J connectivity index is 2.33. The third-order valence-electron chi connectivity index (χ3n) is 3.69. The van der Waals surface area contributed by atoms with E-state index in [2.05, 4.69) is 37.9 Å². The van der Waals surface area contributed by atoms with Gasteiger partial charge in [0.25, 0.3) is 0 Å². The Morgan fingerprint density at radius 1 is 1.44 bits per heavy atom. The number of rotatable bonds is 6. The van der Waals surface area contributed by atoms with Crippen LogP contribution in [0, 0.1) is 5.41 Å². The van der Waals surface area contributed by atoms with E-state index in [-0.39, 0.29) is 12.1 Å². The van der Waals surface area contributed by atoms with Gasteiger partial charge in [-0.15, -0.1) is 0 Å². The summed E-state index contributed by atoms with van der Waals surface area (Å²) in [7, 11) is 0. The van der Waals surface area contributed by atoms with Crippen molar-refractivity contribution in [2.75, 3.05) is 32.8 Å². The predicted octanol–water partition coefficient (Wildman–Crippen LogP) is 1.47. The highest BCUT2D eigenvalue weighted by Crippen LogP contribution is 2.29. The van der Waals surface area contributed by atoms with Crippen molar-refractivity contribution >= 4 is 0 Å². The van der Waals surface area contributed by atoms with Crippen molar-refractivity contribution in [3.8, 4) is 0 Å². The molecule has 1 atom stereocenters. The molecule has 1 saturated heterocycles. The lowest BCUT2D eigenvalue weighted by Crippen LogP contribution is -2.47. The maximum absolute atomic E-state index is 9.41. The van der Waals surface area contributed by atoms with Crippen LogP contribution in [-0.2, 0) is 0 Å². The number of nitrogens with zero attached hydrogens (tertiary/aromatic N) is 1. The summed E-state index contributed by atoms with van der Waals surface area (Å²) in [5, 5.41) is 12.8. The first kappa shape index (κ1) is 13.9. The maximum Gasteiger partial charge on any atom is 0.0611 e. The van der Waals surface area contributed by atoms with Crippen molar-refractivity contribution in [3.05, 3.63) is 0 Å². The van der Waals surface area contributed by atoms with Crippen molar-refractivity contribution in [2.45, 2.75) is 46.1 Å². The minimum Gasteiger partial charge on any atom is -0.394 e. The summed E-state index contributed by atoms with van der Waals surface area (Å²) in [6.45, 7) is 13.5. The highest BCUT2D eigenvalue weighted by molar-refractivity contribution is 4.87. The van der Waals surface area contributed by atoms with Gasteiger partial charge >= 0.3 is 0 Å². The number of likely N-dealkylation sites (tertiary alicyclic amines) is 1. The van der Waals surface area contributed by atoms with Crippen molar-refractivity contribution in [1.82, 2.24) is 10.2 Å². The van der Waals surface area contributed by atoms with E-state index in [1.165, 1.54) is 19.5 Å². The average Bonchev–Trinajstić information content (AvgIpc) is 2.56. The van der Waals surface area contributed by atoms with E-state index in [0.29, 0.717) is 5.41 Å². The smallest absolute Gasteiger partial charge is 0.0611 e. The summed E-state index contributed by atoms with van der Waals surface area (Å²) in [5.41, 5.74) is 0.370. The number of aliphatic hydroxyl groups is 1. The summed E-state index contributed by atoms with van der Waals surface area (Å²) in [5.74, 6) is 0. The van der Waals surface area contributed by atoms with Crippen LogP contribution >= 0.6 is 0 Å². The Kier molecular flexibility index (Phi) is 4.77. The second-order valence-corrected chi connectivity index (χ2v) is 6.19. The topological polar surface area (TPSA) is 35.5 Å². The zero-order valence-corrected chi connectivity index (χ0v) is 11.3. The van der Waals surface area contributed by atoms with E-state index in [4.69, 9.17) is 0 Å². The first-order chi connectivity index (χ1) is 7.41. The largest absolute Gasteiger partial charge is 0.394 e. The van der Waals surface area contributed by atoms with Crippen LogP contribution in [0.15, 0.2) is 0 Å². The summed E-state index contributed by atoms with van der Waals surface area (Å²) >= 11 is 0. The van der Waals surface area contributed by atoms with Crippen LogP contribution < -0.4 is 5.32 Å². The van der Waals surface area contributed by atoms with E-state index >= 15 is 0 Å². The van der Waals surface area contributed by atoms with Gasteiger partial charge in [-0.25, -0.2) is 0 Å². The van der Waals surface area contributed by atoms with Crippen LogP contribution in [0.3, 0.4) is 0 Å². The zero-order chi connectivity index (χ0) is 12.2. The van der Waals surface area contributed by atoms with Gasteiger partial charge in [0.05, 0.1) is 6.61 Å². The molecule has 3 heteroatoms. The van der Waals surface area contributed by atoms with Crippen LogP contribution in [0.1, 0.15) is 40.5 Å². The monoisotopic (exact) mass is 228 g/mol. The Labute approximate surface area is 100 Å². The second-order valence-electron chi connectivity index (χ2n) is 6.19. The molecule has 0 radical (unpaired) electrons. The summed E-state index contributed by atoms with van der Waals surface area (Å²) in [6.07, 6.45) is 2.32. The van der Waals surface area contributed by atoms with Crippen molar-refractivity contribution < 1.29 is 5.11 Å². The van der Waals surface area contributed by atoms with Gasteiger partial charge in [-0.2, -0.15) is 0 Å². The zero-order valence-electron chi connectivity index (χ0n) is 11.3. The Hall–Kier alpha value is -0.120. The molecule has 0 bridgehead atoms. The molecule has 0 spiro atoms. The Morgan fingerprint density at radius 2 is 2.12 bits per heavy atom. The van der Waals surface area contributed by atoms with Gasteiger partial charge < -0.3 is 15.3 Å². The lowest BCUT2D eigenvalue weighted by atomic mass is 9.93. The second kappa shape index (κ2) is 5.48. The molecule has 96 valence electrons. The molecule has 0 aromatic rings. The van der Waals surface area contributed by atoms with Crippen LogP contribution in [-0.4, -0.2) is 48.3 Å². The third-order valence-corrected chi connectivity index (χ3v) is 3.69. The Bertz CT molecular complexity index is 218. The number of hydrogen-bond acceptors (Lipinski definition) is 3. The quantitative estimate of drug-likeness (QED) is 0.722. The van der Waals surface area contributed by atoms with Crippen molar-refractivity contribution in [2.24, 2.45) is 5.41 Å². The van der Waals surface area contributed by atoms with Gasteiger partial charge in [0.15, 0.2) is 0 Å². The fourth-order valence-corrected chi connectivity index (χ4v) is 2.47. The normalized spacial score (nSPS) is 24.6. The first-order valence-corrected chi connectivity index (χ1v) is 6.49. The van der Waals surface area contributed by atoms with Gasteiger partial charge in [0.2, 0.25) is 0 Å². The van der Waals surface area contributed by atoms with Crippen LogP contribution in [0.2, 0.25) is 0 Å². The molecule has 0 aromatic carbocycles. The van der Waals surface area contributed by atoms with Crippen LogP contribution in [0.5, 0.6) is 0 Å². The SMILES string of the molecule is CCNC(C)(CO)CCN1CCC(C)(C)C1. The van der Waals surface area contributed by atoms with Gasteiger partial charge in [-0.1, -0.05) is 20.8 Å². The molecule has 1 rings (SSSR count). The van der Waals surface area contributed by atoms with E-state index in [9.17, 15) is 5.11 Å². The van der Waals surface area contributed by atoms with Gasteiger partial charge in [0, 0.05) is 12.1 Å². The Morgan fingerprint density at radius 3 is 2.56 bits per heavy atom. The fraction of sp³-hybridized carbons (Fsp3) is 1.00. The number of hydrogen-bond donors (Lipinski definition) is 2. The molecule has 1 aliphatic rings. The van der Waals surface area contributed by atoms with Gasteiger partial charge in [-0.05, 0) is 44.8 Å². The lowest BCUT2D eigenvalue weighted by molar-refractivity contribution is 0.150. The number of nitrogens with one attached hydrogen (secondary N) is 1. The van der Waals surface area contributed by atoms with Gasteiger partial charge in [0.1, 0.15) is 0 Å². The van der Waals surface area contributed by atoms with E-state index in [1.807, 2.05) is 0 Å². The van der Waals surface area contributed by atoms with Gasteiger partial charge in [-0.3, -0.25) is 0 Å². The van der Waals surface area contributed by atoms with E-state index in [1.54, 1.807) is 0 Å². The molecule has 2 N–H and O–H groups in total. The lowest BCUT2D eigenvalue weighted by Gasteiger charge is -2.30. The molecule has 1 aliphatic heterocycles. The summed E-state index contributed by atoms with van der Waals surface area (Å²) in [4.78, 5) is 2.52. The van der Waals surface area contributed by atoms with Crippen molar-refractivity contribution in [1.29, 1.82) is 0 Å². The average molecular weight is 228 g/mol. The molecule has 1 fully saturated rings. The molecule has 0 aromatic heterocycles. The molecule has 1 heterocycles. The number of likely N-dealkylation sites (N-methyl/N-ethyl adjacent to an activating group) is 1. The molecular formula is C13H28N2O. The fourth-order valence-electron chi connectivity index (χ4n) is 2.47. The molecule has 1 unspecified atom stereocenters. The van der Waals surface area contributed by atoms with Crippen LogP contribution in [0.25, 0.3) is 0 Å². The van der Waals surface area contributed by atoms with Crippen molar-refractivity contribution in [3.63, 3.8) is 0 Å². The summed E-state index contributed by atoms with van der Waals surface area (Å²) in [6, 6.07) is 0. The highest BCUT2D eigenvalue weighted by Gasteiger charge is 2.30. The molecule has 0 amide bonds. The summed E-state index contributed by atoms with van der Waals surface area (Å²) < 4.78 is 0. The predicted molar refractivity (Wildman–Crippen MR) is 68.6 cm³/mol. The first-order valence-electron chi connectivity index (χ1n) is 6.49. The van der Waals surface area contributed by atoms with Crippen LogP contribution in [0.4, 0.5) is 0 Å². The molecule has 0 aliphatic carbocycles. The highest BCUT2D eigenvalue weighted by atomic mass is 16.3. The number of aliphatic hydroxyl groups excluding tert-OH is 1. The molecular weight excluding hydrogens is 200 g/mol. The van der Waals surface area contributed by atoms with E-state index in [0.717, 1.165) is 19.5 Å².